The molecule has 1 amide bonds. The predicted octanol–water partition coefficient (Wildman–Crippen LogP) is 4.69. The first-order valence-corrected chi connectivity index (χ1v) is 14.3. The quantitative estimate of drug-likeness (QED) is 0.524. The van der Waals surface area contributed by atoms with Crippen molar-refractivity contribution in [3.8, 4) is 0 Å². The van der Waals surface area contributed by atoms with Crippen LogP contribution in [0.1, 0.15) is 19.3 Å². The second-order valence-corrected chi connectivity index (χ2v) is 12.4. The molecule has 0 aliphatic carbocycles. The van der Waals surface area contributed by atoms with Crippen LogP contribution in [0.25, 0.3) is 15.6 Å². The maximum absolute atomic E-state index is 12.9. The topological polar surface area (TPSA) is 74.4 Å². The van der Waals surface area contributed by atoms with E-state index >= 15 is 0 Å². The molecule has 1 atom stereocenters. The summed E-state index contributed by atoms with van der Waals surface area (Å²) in [6.07, 6.45) is 3.15. The lowest BCUT2D eigenvalue weighted by molar-refractivity contribution is -0.132. The average Bonchev–Trinajstić information content (AvgIpc) is 3.17. The average molecular weight is 531 g/mol. The Bertz CT molecular complexity index is 1340. The van der Waals surface area contributed by atoms with Gasteiger partial charge in [-0.3, -0.25) is 9.79 Å². The summed E-state index contributed by atoms with van der Waals surface area (Å²) in [6, 6.07) is 10.3. The number of halogens is 1. The highest BCUT2D eigenvalue weighted by Crippen LogP contribution is 2.41. The van der Waals surface area contributed by atoms with Crippen LogP contribution in [0.15, 0.2) is 58.2 Å². The molecule has 2 fully saturated rings. The molecule has 2 saturated heterocycles. The van der Waals surface area contributed by atoms with Crippen molar-refractivity contribution in [3.63, 3.8) is 0 Å². The van der Waals surface area contributed by atoms with Crippen molar-refractivity contribution in [2.24, 2.45) is 10.9 Å². The lowest BCUT2D eigenvalue weighted by atomic mass is 9.91. The number of thioether (sulfide) groups is 1. The van der Waals surface area contributed by atoms with Gasteiger partial charge in [0.1, 0.15) is 0 Å². The number of fused-ring (bicyclic) bond motifs is 1. The smallest absolute Gasteiger partial charge is 0.223 e. The second kappa shape index (κ2) is 10.6. The number of carbonyl (C=O) groups is 1. The van der Waals surface area contributed by atoms with E-state index < -0.39 is 9.84 Å². The standard InChI is InChI=1S/C25H27ClN4O3S2/c1-27-16-22-24(34-25(28-2)29(22)3)17-8-11-30(12-9-17)23(31)10-13-35(32,33)21-7-5-18-14-20(26)6-4-19(18)15-21/h4-7,14-17,24H,8-13H2,2-3H3/b22-16+,28-25?. The van der Waals surface area contributed by atoms with E-state index in [0.717, 1.165) is 34.5 Å². The summed E-state index contributed by atoms with van der Waals surface area (Å²) in [5.74, 6) is -0.0281. The first-order chi connectivity index (χ1) is 16.7. The Hall–Kier alpha value is -2.54. The lowest BCUT2D eigenvalue weighted by Crippen LogP contribution is -2.41. The highest BCUT2D eigenvalue weighted by Gasteiger charge is 2.38. The Labute approximate surface area is 215 Å². The van der Waals surface area contributed by atoms with Crippen LogP contribution in [0.5, 0.6) is 0 Å². The van der Waals surface area contributed by atoms with E-state index in [1.165, 1.54) is 0 Å². The van der Waals surface area contributed by atoms with E-state index in [0.29, 0.717) is 24.0 Å². The Kier molecular flexibility index (Phi) is 7.74. The molecule has 0 N–H and O–H groups in total. The molecule has 0 aromatic heterocycles. The number of hydrogen-bond acceptors (Lipinski definition) is 5. The maximum Gasteiger partial charge on any atom is 0.223 e. The third kappa shape index (κ3) is 5.50. The third-order valence-electron chi connectivity index (χ3n) is 6.62. The molecule has 2 heterocycles. The van der Waals surface area contributed by atoms with E-state index in [1.807, 2.05) is 11.9 Å². The maximum atomic E-state index is 12.9. The van der Waals surface area contributed by atoms with Crippen molar-refractivity contribution in [2.75, 3.05) is 32.9 Å². The number of hydrogen-bond donors (Lipinski definition) is 0. The SMILES string of the molecule is [C-]#[N+]/C=C1\C(C2CCN(C(=O)CCS(=O)(=O)c3ccc4cc(Cl)ccc4c3)CC2)SC(=NC)N1C. The highest BCUT2D eigenvalue weighted by atomic mass is 35.5. The number of piperidine rings is 1. The molecule has 10 heteroatoms. The number of benzene rings is 2. The predicted molar refractivity (Wildman–Crippen MR) is 142 cm³/mol. The van der Waals surface area contributed by atoms with Crippen LogP contribution in [0.3, 0.4) is 0 Å². The van der Waals surface area contributed by atoms with Gasteiger partial charge in [0.15, 0.2) is 21.2 Å². The van der Waals surface area contributed by atoms with Crippen LogP contribution in [-0.4, -0.2) is 67.5 Å². The van der Waals surface area contributed by atoms with Crippen LogP contribution < -0.4 is 0 Å². The summed E-state index contributed by atoms with van der Waals surface area (Å²) in [5.41, 5.74) is 0.958. The zero-order valence-electron chi connectivity index (χ0n) is 19.6. The molecule has 7 nitrogen and oxygen atoms in total. The molecule has 0 radical (unpaired) electrons. The van der Waals surface area contributed by atoms with E-state index in [4.69, 9.17) is 18.2 Å². The minimum atomic E-state index is -3.59. The molecule has 4 rings (SSSR count). The van der Waals surface area contributed by atoms with Crippen LogP contribution in [0, 0.1) is 12.5 Å². The van der Waals surface area contributed by atoms with Crippen LogP contribution >= 0.6 is 23.4 Å². The van der Waals surface area contributed by atoms with E-state index in [-0.39, 0.29) is 28.2 Å². The molecule has 1 unspecified atom stereocenters. The van der Waals surface area contributed by atoms with Gasteiger partial charge in [-0.1, -0.05) is 35.5 Å². The van der Waals surface area contributed by atoms with Crippen LogP contribution in [0.2, 0.25) is 5.02 Å². The molecular formula is C25H27ClN4O3S2. The fourth-order valence-electron chi connectivity index (χ4n) is 4.66. The summed E-state index contributed by atoms with van der Waals surface area (Å²) in [7, 11) is 0.0898. The minimum Gasteiger partial charge on any atom is -0.343 e. The summed E-state index contributed by atoms with van der Waals surface area (Å²) in [6.45, 7) is 8.42. The number of aliphatic imine (C=N–C) groups is 1. The van der Waals surface area contributed by atoms with Gasteiger partial charge in [-0.2, -0.15) is 0 Å². The summed E-state index contributed by atoms with van der Waals surface area (Å²) < 4.78 is 25.8. The van der Waals surface area contributed by atoms with Gasteiger partial charge in [-0.15, -0.1) is 0 Å². The first-order valence-electron chi connectivity index (χ1n) is 11.4. The molecule has 0 spiro atoms. The summed E-state index contributed by atoms with van der Waals surface area (Å²) >= 11 is 7.68. The van der Waals surface area contributed by atoms with Crippen molar-refractivity contribution in [3.05, 3.63) is 64.7 Å². The normalized spacial score (nSPS) is 21.7. The molecule has 0 bridgehead atoms. The zero-order valence-corrected chi connectivity index (χ0v) is 22.0. The first kappa shape index (κ1) is 25.5. The van der Waals surface area contributed by atoms with Gasteiger partial charge < -0.3 is 9.80 Å². The van der Waals surface area contributed by atoms with Gasteiger partial charge in [-0.05, 0) is 53.8 Å². The van der Waals surface area contributed by atoms with Crippen molar-refractivity contribution in [2.45, 2.75) is 29.4 Å². The Balaban J connectivity index is 1.35. The largest absolute Gasteiger partial charge is 0.343 e. The third-order valence-corrected chi connectivity index (χ3v) is 10.1. The van der Waals surface area contributed by atoms with Gasteiger partial charge in [0, 0.05) is 49.6 Å². The fraction of sp³-hybridized carbons (Fsp3) is 0.400. The Morgan fingerprint density at radius 1 is 1.23 bits per heavy atom. The summed E-state index contributed by atoms with van der Waals surface area (Å²) in [4.78, 5) is 24.6. The second-order valence-electron chi connectivity index (χ2n) is 8.73. The molecule has 184 valence electrons. The van der Waals surface area contributed by atoms with Gasteiger partial charge in [0.05, 0.1) is 17.2 Å². The van der Waals surface area contributed by atoms with Crippen molar-refractivity contribution >= 4 is 55.0 Å². The number of sulfone groups is 1. The fourth-order valence-corrected chi connectivity index (χ4v) is 7.50. The minimum absolute atomic E-state index is 0.0396. The molecule has 2 aliphatic heterocycles. The number of likely N-dealkylation sites (tertiary alicyclic amines) is 1. The van der Waals surface area contributed by atoms with Gasteiger partial charge in [0.2, 0.25) is 5.91 Å². The highest BCUT2D eigenvalue weighted by molar-refractivity contribution is 8.14. The lowest BCUT2D eigenvalue weighted by Gasteiger charge is -2.35. The molecule has 2 aliphatic rings. The Morgan fingerprint density at radius 3 is 2.60 bits per heavy atom. The van der Waals surface area contributed by atoms with Crippen molar-refractivity contribution < 1.29 is 13.2 Å². The number of nitrogens with zero attached hydrogens (tertiary/aromatic N) is 4. The van der Waals surface area contributed by atoms with Crippen molar-refractivity contribution in [1.29, 1.82) is 0 Å². The molecular weight excluding hydrogens is 504 g/mol. The van der Waals surface area contributed by atoms with Gasteiger partial charge in [0.25, 0.3) is 0 Å². The number of carbonyl (C=O) groups excluding carboxylic acids is 1. The molecule has 35 heavy (non-hydrogen) atoms. The zero-order chi connectivity index (χ0) is 25.2. The van der Waals surface area contributed by atoms with Gasteiger partial charge >= 0.3 is 0 Å². The van der Waals surface area contributed by atoms with Crippen molar-refractivity contribution in [1.82, 2.24) is 9.80 Å². The van der Waals surface area contributed by atoms with E-state index in [1.54, 1.807) is 66.3 Å². The van der Waals surface area contributed by atoms with E-state index in [9.17, 15) is 13.2 Å². The van der Waals surface area contributed by atoms with Crippen LogP contribution in [-0.2, 0) is 14.6 Å². The van der Waals surface area contributed by atoms with Gasteiger partial charge in [-0.25, -0.2) is 13.3 Å². The molecule has 2 aromatic rings. The number of rotatable bonds is 5. The monoisotopic (exact) mass is 530 g/mol. The molecule has 2 aromatic carbocycles. The summed E-state index contributed by atoms with van der Waals surface area (Å²) in [5, 5.41) is 3.30. The van der Waals surface area contributed by atoms with Crippen LogP contribution in [0.4, 0.5) is 0 Å². The number of amidine groups is 1. The number of amides is 1. The van der Waals surface area contributed by atoms with E-state index in [2.05, 4.69) is 9.84 Å². The Morgan fingerprint density at radius 2 is 1.91 bits per heavy atom. The molecule has 0 saturated carbocycles.